The van der Waals surface area contributed by atoms with Crippen LogP contribution >= 0.6 is 0 Å². The molecule has 0 atom stereocenters. The van der Waals surface area contributed by atoms with Gasteiger partial charge in [-0.1, -0.05) is 0 Å². The first-order chi connectivity index (χ1) is 17.2. The maximum Gasteiger partial charge on any atom is 0.161 e. The van der Waals surface area contributed by atoms with Crippen molar-refractivity contribution in [1.82, 2.24) is 25.4 Å². The van der Waals surface area contributed by atoms with Crippen molar-refractivity contribution in [3.05, 3.63) is 53.6 Å². The summed E-state index contributed by atoms with van der Waals surface area (Å²) in [5.74, 6) is 2.73. The van der Waals surface area contributed by atoms with Gasteiger partial charge in [0.1, 0.15) is 18.0 Å². The van der Waals surface area contributed by atoms with Crippen LogP contribution in [0.1, 0.15) is 17.0 Å². The Balaban J connectivity index is 1.30. The highest BCUT2D eigenvalue weighted by molar-refractivity contribution is 5.64. The topological polar surface area (TPSA) is 101 Å². The highest BCUT2D eigenvalue weighted by Gasteiger charge is 2.27. The Labute approximate surface area is 204 Å². The second kappa shape index (κ2) is 9.73. The van der Waals surface area contributed by atoms with Crippen LogP contribution in [-0.4, -0.2) is 72.0 Å². The fourth-order valence-corrected chi connectivity index (χ4v) is 4.59. The minimum Gasteiger partial charge on any atom is -0.378 e. The van der Waals surface area contributed by atoms with E-state index in [-0.39, 0.29) is 0 Å². The molecule has 3 aromatic rings. The van der Waals surface area contributed by atoms with E-state index in [1.165, 1.54) is 5.56 Å². The Morgan fingerprint density at radius 3 is 2.51 bits per heavy atom. The number of hydrogen-bond acceptors (Lipinski definition) is 10. The Bertz CT molecular complexity index is 1180. The second-order valence-electron chi connectivity index (χ2n) is 9.17. The molecule has 0 aliphatic carbocycles. The van der Waals surface area contributed by atoms with Crippen LogP contribution in [0.2, 0.25) is 0 Å². The van der Waals surface area contributed by atoms with Crippen LogP contribution in [0.5, 0.6) is 0 Å². The highest BCUT2D eigenvalue weighted by atomic mass is 16.5. The average Bonchev–Trinajstić information content (AvgIpc) is 2.88. The second-order valence-corrected chi connectivity index (χ2v) is 9.17. The molecule has 10 heteroatoms. The summed E-state index contributed by atoms with van der Waals surface area (Å²) in [5.41, 5.74) is 11.8. The fraction of sp³-hybridized carbons (Fsp3) is 0.440. The maximum absolute atomic E-state index is 5.60. The summed E-state index contributed by atoms with van der Waals surface area (Å²) < 4.78 is 10.8. The van der Waals surface area contributed by atoms with Gasteiger partial charge in [-0.05, 0) is 37.6 Å². The van der Waals surface area contributed by atoms with Crippen molar-refractivity contribution < 1.29 is 9.47 Å². The molecule has 0 bridgehead atoms. The molecular formula is C25H30N8O2. The third-order valence-electron chi connectivity index (χ3n) is 6.67. The molecule has 0 saturated carbocycles. The number of nitrogens with one attached hydrogen (secondary N) is 2. The Hall–Kier alpha value is -3.34. The molecule has 2 aromatic heterocycles. The average molecular weight is 475 g/mol. The lowest BCUT2D eigenvalue weighted by atomic mass is 10.0. The van der Waals surface area contributed by atoms with E-state index >= 15 is 0 Å². The number of rotatable bonds is 6. The summed E-state index contributed by atoms with van der Waals surface area (Å²) in [6.07, 6.45) is 2.51. The summed E-state index contributed by atoms with van der Waals surface area (Å²) in [4.78, 5) is 23.5. The fourth-order valence-electron chi connectivity index (χ4n) is 4.59. The molecule has 2 saturated heterocycles. The largest absolute Gasteiger partial charge is 0.378 e. The predicted octanol–water partition coefficient (Wildman–Crippen LogP) is 1.96. The van der Waals surface area contributed by atoms with E-state index in [0.29, 0.717) is 12.6 Å². The molecule has 0 spiro atoms. The number of morpholine rings is 1. The van der Waals surface area contributed by atoms with Gasteiger partial charge in [0.25, 0.3) is 0 Å². The zero-order valence-electron chi connectivity index (χ0n) is 19.9. The number of aromatic nitrogens is 4. The molecule has 1 aromatic carbocycles. The minimum absolute atomic E-state index is 0.358. The van der Waals surface area contributed by atoms with Gasteiger partial charge in [-0.2, -0.15) is 0 Å². The van der Waals surface area contributed by atoms with Crippen molar-refractivity contribution in [1.29, 1.82) is 0 Å². The molecule has 0 unspecified atom stereocenters. The van der Waals surface area contributed by atoms with Gasteiger partial charge in [-0.3, -0.25) is 0 Å². The molecule has 10 nitrogen and oxygen atoms in total. The third kappa shape index (κ3) is 4.77. The van der Waals surface area contributed by atoms with Gasteiger partial charge >= 0.3 is 0 Å². The molecule has 2 N–H and O–H groups in total. The van der Waals surface area contributed by atoms with E-state index in [1.807, 2.05) is 13.0 Å². The first-order valence-electron chi connectivity index (χ1n) is 12.2. The number of fused-ring (bicyclic) bond motifs is 1. The monoisotopic (exact) mass is 474 g/mol. The molecule has 5 heterocycles. The van der Waals surface area contributed by atoms with Crippen molar-refractivity contribution in [2.45, 2.75) is 25.9 Å². The Morgan fingerprint density at radius 2 is 1.77 bits per heavy atom. The number of hydrogen-bond donors (Lipinski definition) is 2. The zero-order chi connectivity index (χ0) is 23.6. The van der Waals surface area contributed by atoms with Crippen LogP contribution in [0.4, 0.5) is 17.3 Å². The Kier molecular flexibility index (Phi) is 6.15. The summed E-state index contributed by atoms with van der Waals surface area (Å²) in [7, 11) is 0. The highest BCUT2D eigenvalue weighted by Crippen LogP contribution is 2.31. The van der Waals surface area contributed by atoms with E-state index in [9.17, 15) is 0 Å². The van der Waals surface area contributed by atoms with Crippen LogP contribution in [0.15, 0.2) is 36.7 Å². The van der Waals surface area contributed by atoms with Gasteiger partial charge < -0.3 is 24.7 Å². The number of aryl methyl sites for hydroxylation is 1. The summed E-state index contributed by atoms with van der Waals surface area (Å²) in [6.45, 7) is 8.18. The number of ether oxygens (including phenoxy) is 2. The molecule has 0 amide bonds. The first kappa shape index (κ1) is 22.1. The van der Waals surface area contributed by atoms with Gasteiger partial charge in [0.2, 0.25) is 0 Å². The van der Waals surface area contributed by atoms with E-state index in [2.05, 4.69) is 54.9 Å². The smallest absolute Gasteiger partial charge is 0.161 e. The maximum atomic E-state index is 5.60. The number of benzene rings is 1. The molecule has 3 aliphatic heterocycles. The third-order valence-corrected chi connectivity index (χ3v) is 6.67. The molecule has 3 aliphatic rings. The minimum atomic E-state index is 0.358. The van der Waals surface area contributed by atoms with E-state index < -0.39 is 0 Å². The molecular weight excluding hydrogens is 444 g/mol. The van der Waals surface area contributed by atoms with Crippen LogP contribution < -0.4 is 20.7 Å². The van der Waals surface area contributed by atoms with Crippen LogP contribution in [0.25, 0.3) is 11.4 Å². The van der Waals surface area contributed by atoms with Gasteiger partial charge in [-0.15, -0.1) is 0 Å². The first-order valence-corrected chi connectivity index (χ1v) is 12.2. The lowest BCUT2D eigenvalue weighted by molar-refractivity contribution is -0.00183. The van der Waals surface area contributed by atoms with Gasteiger partial charge in [0.05, 0.1) is 44.7 Å². The number of nitrogens with zero attached hydrogens (tertiary/aromatic N) is 6. The Morgan fingerprint density at radius 1 is 0.943 bits per heavy atom. The number of hydrazine groups is 1. The zero-order valence-corrected chi connectivity index (χ0v) is 19.9. The molecule has 35 heavy (non-hydrogen) atoms. The van der Waals surface area contributed by atoms with Gasteiger partial charge in [0, 0.05) is 48.2 Å². The predicted molar refractivity (Wildman–Crippen MR) is 133 cm³/mol. The summed E-state index contributed by atoms with van der Waals surface area (Å²) >= 11 is 0. The van der Waals surface area contributed by atoms with Crippen molar-refractivity contribution in [3.8, 4) is 11.4 Å². The normalized spacial score (nSPS) is 18.2. The van der Waals surface area contributed by atoms with Gasteiger partial charge in [0.15, 0.2) is 5.82 Å². The number of anilines is 3. The van der Waals surface area contributed by atoms with Crippen LogP contribution in [0, 0.1) is 6.92 Å². The summed E-state index contributed by atoms with van der Waals surface area (Å²) in [5, 5.41) is 0. The summed E-state index contributed by atoms with van der Waals surface area (Å²) in [6, 6.07) is 10.6. The van der Waals surface area contributed by atoms with Crippen molar-refractivity contribution in [2.75, 3.05) is 61.3 Å². The SMILES string of the molecule is Cc1cc(N2CCc3c(nc(-c4ccc(NNC5COC5)cc4)nc3N3CCOCC3)C2)ncn1. The van der Waals surface area contributed by atoms with Crippen LogP contribution in [-0.2, 0) is 22.4 Å². The lowest BCUT2D eigenvalue weighted by Crippen LogP contribution is -2.48. The van der Waals surface area contributed by atoms with Crippen LogP contribution in [0.3, 0.4) is 0 Å². The standard InChI is InChI=1S/C25H30N8O2/c1-17-12-23(27-16-26-17)33-7-6-21-22(13-33)28-24(29-25(21)32-8-10-34-11-9-32)18-2-4-19(5-3-18)30-31-20-14-35-15-20/h2-5,12,16,20,30-31H,6-11,13-15H2,1H3. The van der Waals surface area contributed by atoms with Crippen molar-refractivity contribution in [2.24, 2.45) is 0 Å². The van der Waals surface area contributed by atoms with Gasteiger partial charge in [-0.25, -0.2) is 25.4 Å². The molecule has 0 radical (unpaired) electrons. The molecule has 182 valence electrons. The van der Waals surface area contributed by atoms with Crippen molar-refractivity contribution in [3.63, 3.8) is 0 Å². The van der Waals surface area contributed by atoms with E-state index in [1.54, 1.807) is 6.33 Å². The molecule has 2 fully saturated rings. The lowest BCUT2D eigenvalue weighted by Gasteiger charge is -2.34. The van der Waals surface area contributed by atoms with Crippen molar-refractivity contribution >= 4 is 17.3 Å². The quantitative estimate of drug-likeness (QED) is 0.516. The molecule has 6 rings (SSSR count). The van der Waals surface area contributed by atoms with E-state index in [4.69, 9.17) is 19.4 Å². The van der Waals surface area contributed by atoms with E-state index in [0.717, 1.165) is 92.6 Å².